The molecule has 476 valence electrons. The lowest BCUT2D eigenvalue weighted by atomic mass is 9.74. The van der Waals surface area contributed by atoms with Gasteiger partial charge < -0.3 is 87.9 Å². The van der Waals surface area contributed by atoms with Gasteiger partial charge in [0.25, 0.3) is 0 Å². The van der Waals surface area contributed by atoms with Gasteiger partial charge in [0, 0.05) is 81.7 Å². The van der Waals surface area contributed by atoms with Crippen LogP contribution in [0.5, 0.6) is 0 Å². The maximum absolute atomic E-state index is 14.6. The van der Waals surface area contributed by atoms with Gasteiger partial charge in [-0.3, -0.25) is 19.2 Å². The Morgan fingerprint density at radius 1 is 0.857 bits per heavy atom. The number of esters is 2. The van der Waals surface area contributed by atoms with E-state index in [0.717, 1.165) is 12.8 Å². The monoisotopic (exact) mass is 1210 g/mol. The van der Waals surface area contributed by atoms with E-state index >= 15 is 0 Å². The van der Waals surface area contributed by atoms with Crippen molar-refractivity contribution < 1.29 is 87.0 Å². The summed E-state index contributed by atoms with van der Waals surface area (Å²) in [6.07, 6.45) is -6.39. The number of hydrogen-bond donors (Lipinski definition) is 6. The highest BCUT2D eigenvalue weighted by Crippen LogP contribution is 2.43. The molecule has 0 bridgehead atoms. The largest absolute Gasteiger partial charge is 0.477 e. The second-order valence-electron chi connectivity index (χ2n) is 24.4. The Bertz CT molecular complexity index is 2600. The lowest BCUT2D eigenvalue weighted by Gasteiger charge is -2.50. The number of anilines is 1. The predicted octanol–water partition coefficient (Wildman–Crippen LogP) is 5.12. The van der Waals surface area contributed by atoms with Crippen LogP contribution in [0.2, 0.25) is 5.02 Å². The summed E-state index contributed by atoms with van der Waals surface area (Å²) in [5, 5.41) is 52.0. The van der Waals surface area contributed by atoms with E-state index in [1.54, 1.807) is 53.7 Å². The number of Topliss-reactive ketones (excluding diaryl/α,β-unsaturated/α-hetero) is 1. The van der Waals surface area contributed by atoms with Crippen molar-refractivity contribution in [1.29, 1.82) is 0 Å². The summed E-state index contributed by atoms with van der Waals surface area (Å²) >= 11 is 6.57. The van der Waals surface area contributed by atoms with Crippen LogP contribution < -0.4 is 16.1 Å². The molecule has 6 rings (SSSR count). The van der Waals surface area contributed by atoms with E-state index in [1.165, 1.54) is 34.3 Å². The minimum atomic E-state index is -2.03. The molecular formula is C60H95ClN4O19. The number of aliphatic hydroxyl groups excluding tert-OH is 2. The zero-order valence-electron chi connectivity index (χ0n) is 51.6. The molecule has 4 heterocycles. The van der Waals surface area contributed by atoms with E-state index in [0.29, 0.717) is 68.7 Å². The SMILES string of the molecule is CC[C@H]1OC(=O)[C@H](C)[C@@H](O[C@H]2C[C@@](C)(OC)[C@@H](OC(=O)CCNCCOCCOCCNc3cc4c(=O)c(C(=O)O)cn(C5CC5)c4cc3Cl)[C@H](C)O2)[C@H](C)[C@@H](O[C@@H]2O[C@H](C)C[C@H](N(C)C)[C@H]2O)[C@](C)(OC)C[C@@H](C)C(=O)[C@H](C)[C@@H](O)[C@]1(C)O. The molecule has 0 radical (unpaired) electrons. The third-order valence-corrected chi connectivity index (χ3v) is 18.0. The number of cyclic esters (lactones) is 1. The number of fused-ring (bicyclic) bond motifs is 1. The van der Waals surface area contributed by atoms with Crippen molar-refractivity contribution >= 4 is 51.9 Å². The Balaban J connectivity index is 1.05. The zero-order chi connectivity index (χ0) is 62.2. The molecule has 6 N–H and O–H groups in total. The number of aromatic carboxylic acids is 1. The average Bonchev–Trinajstić information content (AvgIpc) is 1.82. The second-order valence-corrected chi connectivity index (χ2v) is 24.8. The number of carbonyl (C=O) groups is 4. The topological polar surface area (TPSA) is 291 Å². The van der Waals surface area contributed by atoms with Gasteiger partial charge in [0.1, 0.15) is 34.8 Å². The molecule has 0 spiro atoms. The number of methoxy groups -OCH3 is 2. The molecule has 23 nitrogen and oxygen atoms in total. The number of benzene rings is 1. The van der Waals surface area contributed by atoms with Gasteiger partial charge in [-0.2, -0.15) is 0 Å². The average molecular weight is 1210 g/mol. The van der Waals surface area contributed by atoms with Crippen molar-refractivity contribution in [3.63, 3.8) is 0 Å². The Labute approximate surface area is 498 Å². The number of rotatable bonds is 24. The molecule has 2 aromatic rings. The molecule has 3 saturated heterocycles. The molecule has 4 fully saturated rings. The Kier molecular flexibility index (Phi) is 24.6. The first-order valence-electron chi connectivity index (χ1n) is 29.7. The Morgan fingerprint density at radius 2 is 1.50 bits per heavy atom. The molecule has 0 unspecified atom stereocenters. The van der Waals surface area contributed by atoms with Crippen LogP contribution in [-0.2, 0) is 61.8 Å². The van der Waals surface area contributed by atoms with Crippen LogP contribution in [0, 0.1) is 23.7 Å². The predicted molar refractivity (Wildman–Crippen MR) is 311 cm³/mol. The second kappa shape index (κ2) is 29.9. The zero-order valence-corrected chi connectivity index (χ0v) is 52.3. The van der Waals surface area contributed by atoms with Crippen molar-refractivity contribution in [2.45, 2.75) is 204 Å². The number of hydrogen-bond acceptors (Lipinski definition) is 21. The number of aliphatic hydroxyl groups is 3. The molecule has 0 amide bonds. The molecule has 1 aromatic heterocycles. The number of nitrogens with one attached hydrogen (secondary N) is 2. The van der Waals surface area contributed by atoms with E-state index < -0.39 is 119 Å². The molecule has 1 aromatic carbocycles. The normalized spacial score (nSPS) is 35.6. The number of carbonyl (C=O) groups excluding carboxylic acids is 3. The number of likely N-dealkylation sites (N-methyl/N-ethyl adjacent to an activating group) is 1. The van der Waals surface area contributed by atoms with Gasteiger partial charge in [-0.1, -0.05) is 39.3 Å². The van der Waals surface area contributed by atoms with Gasteiger partial charge in [0.05, 0.1) is 91.1 Å². The fourth-order valence-electron chi connectivity index (χ4n) is 12.3. The Hall–Kier alpha value is -3.92. The van der Waals surface area contributed by atoms with Gasteiger partial charge in [-0.15, -0.1) is 0 Å². The number of ether oxygens (including phenoxy) is 10. The highest BCUT2D eigenvalue weighted by molar-refractivity contribution is 6.34. The molecule has 84 heavy (non-hydrogen) atoms. The molecule has 18 atom stereocenters. The summed E-state index contributed by atoms with van der Waals surface area (Å²) in [6, 6.07) is 3.08. The van der Waals surface area contributed by atoms with E-state index in [9.17, 15) is 44.4 Å². The quantitative estimate of drug-likeness (QED) is 0.0587. The first-order chi connectivity index (χ1) is 39.5. The van der Waals surface area contributed by atoms with Crippen LogP contribution in [0.4, 0.5) is 5.69 Å². The summed E-state index contributed by atoms with van der Waals surface area (Å²) in [5.74, 6) is -6.62. The number of halogens is 1. The number of aromatic nitrogens is 1. The number of carboxylic acid groups (broad SMARTS) is 1. The van der Waals surface area contributed by atoms with Crippen molar-refractivity contribution in [2.75, 3.05) is 79.7 Å². The lowest BCUT2D eigenvalue weighted by Crippen LogP contribution is -2.61. The highest BCUT2D eigenvalue weighted by Gasteiger charge is 2.55. The molecule has 3 aliphatic heterocycles. The van der Waals surface area contributed by atoms with E-state index in [-0.39, 0.29) is 60.6 Å². The van der Waals surface area contributed by atoms with Gasteiger partial charge >= 0.3 is 17.9 Å². The van der Waals surface area contributed by atoms with Crippen LogP contribution in [0.15, 0.2) is 23.1 Å². The van der Waals surface area contributed by atoms with Crippen molar-refractivity contribution in [3.8, 4) is 0 Å². The van der Waals surface area contributed by atoms with Crippen LogP contribution in [0.3, 0.4) is 0 Å². The lowest BCUT2D eigenvalue weighted by molar-refractivity contribution is -0.320. The molecule has 1 saturated carbocycles. The number of nitrogens with zero attached hydrogens (tertiary/aromatic N) is 2. The maximum Gasteiger partial charge on any atom is 0.341 e. The molecule has 1 aliphatic carbocycles. The summed E-state index contributed by atoms with van der Waals surface area (Å²) in [6.45, 7) is 19.4. The standard InChI is InChI=1S/C60H95ClN4O19/c1-15-45-60(10,74)52(70)34(4)48(67)32(2)29-58(8,75-13)53(84-57-50(69)44(64(11)12)26-33(3)79-57)35(5)51(36(6)56(73)81-45)83-47-30-59(9,76-14)54(37(7)80-47)82-46(66)18-19-62-20-22-77-24-25-78-23-21-63-42-27-39-43(28-41(42)61)65(38-16-17-38)31-40(49(39)68)55(71)72/h27-28,31-38,44-45,47,50-54,57,62-63,69-70,74H,15-26,29-30H2,1-14H3,(H,71,72)/t32-,33-,34+,35+,36-,37+,44+,45-,47+,50-,51+,52-,53-,54+,57+,58-,59-,60-/m1/s1. The third kappa shape index (κ3) is 16.4. The van der Waals surface area contributed by atoms with Crippen molar-refractivity contribution in [2.24, 2.45) is 23.7 Å². The summed E-state index contributed by atoms with van der Waals surface area (Å²) in [5.41, 5.74) is -4.28. The summed E-state index contributed by atoms with van der Waals surface area (Å²) in [4.78, 5) is 69.0. The van der Waals surface area contributed by atoms with Gasteiger partial charge in [-0.05, 0) is 99.9 Å². The fraction of sp³-hybridized carbons (Fsp3) is 0.783. The van der Waals surface area contributed by atoms with Gasteiger partial charge in [-0.25, -0.2) is 4.79 Å². The first-order valence-corrected chi connectivity index (χ1v) is 30.0. The van der Waals surface area contributed by atoms with Crippen LogP contribution >= 0.6 is 11.6 Å². The van der Waals surface area contributed by atoms with E-state index in [2.05, 4.69) is 10.6 Å². The minimum Gasteiger partial charge on any atom is -0.477 e. The highest BCUT2D eigenvalue weighted by atomic mass is 35.5. The minimum absolute atomic E-state index is 0.0236. The summed E-state index contributed by atoms with van der Waals surface area (Å²) < 4.78 is 64.5. The molecule has 4 aliphatic rings. The first kappa shape index (κ1) is 69.2. The van der Waals surface area contributed by atoms with Gasteiger partial charge in [0.15, 0.2) is 18.7 Å². The van der Waals surface area contributed by atoms with E-state index in [4.69, 9.17) is 59.0 Å². The van der Waals surface area contributed by atoms with Gasteiger partial charge in [0.2, 0.25) is 5.43 Å². The van der Waals surface area contributed by atoms with Crippen molar-refractivity contribution in [3.05, 3.63) is 39.1 Å². The smallest absolute Gasteiger partial charge is 0.341 e. The molecule has 24 heteroatoms. The number of carboxylic acids is 1. The van der Waals surface area contributed by atoms with Crippen LogP contribution in [-0.4, -0.2) is 212 Å². The third-order valence-electron chi connectivity index (χ3n) is 17.6. The fourth-order valence-corrected chi connectivity index (χ4v) is 12.6. The van der Waals surface area contributed by atoms with Crippen molar-refractivity contribution in [1.82, 2.24) is 14.8 Å². The maximum atomic E-state index is 14.6. The molecular weight excluding hydrogens is 1120 g/mol. The van der Waals surface area contributed by atoms with E-state index in [1.807, 2.05) is 37.4 Å². The van der Waals surface area contributed by atoms with Crippen LogP contribution in [0.25, 0.3) is 10.9 Å². The van der Waals surface area contributed by atoms with Crippen LogP contribution in [0.1, 0.15) is 131 Å². The number of ketones is 1. The summed E-state index contributed by atoms with van der Waals surface area (Å²) in [7, 11) is 6.72. The number of pyridine rings is 1. The Morgan fingerprint density at radius 3 is 2.11 bits per heavy atom.